The summed E-state index contributed by atoms with van der Waals surface area (Å²) in [4.78, 5) is 7.54. The minimum atomic E-state index is 0.192. The van der Waals surface area contributed by atoms with E-state index in [-0.39, 0.29) is 5.15 Å². The number of nitrogens with one attached hydrogen (secondary N) is 1. The molecule has 3 heterocycles. The Morgan fingerprint density at radius 3 is 2.70 bits per heavy atom. The zero-order valence-electron chi connectivity index (χ0n) is 12.2. The molecular weight excluding hydrogens is 375 g/mol. The van der Waals surface area contributed by atoms with Gasteiger partial charge in [0.2, 0.25) is 0 Å². The van der Waals surface area contributed by atoms with Crippen molar-refractivity contribution in [2.45, 2.75) is 19.3 Å². The summed E-state index contributed by atoms with van der Waals surface area (Å²) in [6.07, 6.45) is 5.62. The Hall–Kier alpha value is -1.01. The predicted molar refractivity (Wildman–Crippen MR) is 101 cm³/mol. The van der Waals surface area contributed by atoms with Crippen molar-refractivity contribution in [1.29, 1.82) is 0 Å². The first-order valence-electron chi connectivity index (χ1n) is 7.29. The lowest BCUT2D eigenvalue weighted by atomic mass is 10.1. The lowest BCUT2D eigenvalue weighted by molar-refractivity contribution is 0.580. The summed E-state index contributed by atoms with van der Waals surface area (Å²) in [7, 11) is 0. The number of halogens is 3. The summed E-state index contributed by atoms with van der Waals surface area (Å²) in [5.74, 6) is 0.380. The number of aromatic nitrogens is 1. The minimum Gasteiger partial charge on any atom is -0.363 e. The van der Waals surface area contributed by atoms with Crippen LogP contribution >= 0.6 is 46.1 Å². The Morgan fingerprint density at radius 1 is 1.13 bits per heavy atom. The van der Waals surface area contributed by atoms with E-state index in [0.717, 1.165) is 18.0 Å². The molecule has 0 bridgehead atoms. The highest BCUT2D eigenvalue weighted by atomic mass is 35.5. The number of hydrogen-bond donors (Lipinski definition) is 1. The van der Waals surface area contributed by atoms with Crippen molar-refractivity contribution in [3.05, 3.63) is 38.3 Å². The summed E-state index contributed by atoms with van der Waals surface area (Å²) >= 11 is 19.5. The molecule has 0 radical (unpaired) electrons. The number of hydrazone groups is 1. The molecule has 1 fully saturated rings. The van der Waals surface area contributed by atoms with Crippen molar-refractivity contribution < 1.29 is 0 Å². The second-order valence-corrected chi connectivity index (χ2v) is 7.45. The van der Waals surface area contributed by atoms with Crippen molar-refractivity contribution in [1.82, 2.24) is 4.98 Å². The van der Waals surface area contributed by atoms with E-state index in [9.17, 15) is 0 Å². The van der Waals surface area contributed by atoms with Gasteiger partial charge in [-0.05, 0) is 37.5 Å². The molecule has 1 N–H and O–H groups in total. The molecule has 1 saturated heterocycles. The Labute approximate surface area is 154 Å². The highest BCUT2D eigenvalue weighted by Crippen LogP contribution is 2.29. The maximum Gasteiger partial charge on any atom is 0.166 e. The first-order valence-corrected chi connectivity index (χ1v) is 9.24. The fraction of sp³-hybridized carbons (Fsp3) is 0.333. The normalized spacial score (nSPS) is 15.3. The molecule has 8 heteroatoms. The molecule has 0 amide bonds. The lowest BCUT2D eigenvalue weighted by Crippen LogP contribution is -2.28. The average Bonchev–Trinajstić information content (AvgIpc) is 3.02. The first-order chi connectivity index (χ1) is 11.1. The zero-order chi connectivity index (χ0) is 16.2. The van der Waals surface area contributed by atoms with E-state index in [1.807, 2.05) is 0 Å². The van der Waals surface area contributed by atoms with Gasteiger partial charge in [-0.3, -0.25) is 5.43 Å². The van der Waals surface area contributed by atoms with E-state index in [4.69, 9.17) is 34.8 Å². The summed E-state index contributed by atoms with van der Waals surface area (Å²) in [6.45, 7) is 2.27. The Morgan fingerprint density at radius 2 is 1.91 bits per heavy atom. The zero-order valence-corrected chi connectivity index (χ0v) is 15.3. The Bertz CT molecular complexity index is 711. The lowest BCUT2D eigenvalue weighted by Gasteiger charge is -2.27. The molecule has 0 unspecified atom stereocenters. The minimum absolute atomic E-state index is 0.192. The first kappa shape index (κ1) is 16.8. The second-order valence-electron chi connectivity index (χ2n) is 5.19. The summed E-state index contributed by atoms with van der Waals surface area (Å²) in [5.41, 5.74) is 2.79. The van der Waals surface area contributed by atoms with Crippen LogP contribution in [0.25, 0.3) is 0 Å². The topological polar surface area (TPSA) is 40.5 Å². The molecule has 2 aromatic rings. The number of nitrogens with zero attached hydrogens (tertiary/aromatic N) is 3. The van der Waals surface area contributed by atoms with Crippen LogP contribution < -0.4 is 10.3 Å². The van der Waals surface area contributed by atoms with Crippen LogP contribution in [0.5, 0.6) is 0 Å². The number of piperidine rings is 1. The average molecular weight is 390 g/mol. The summed E-state index contributed by atoms with van der Waals surface area (Å²) < 4.78 is 0. The monoisotopic (exact) mass is 388 g/mol. The highest BCUT2D eigenvalue weighted by molar-refractivity contribution is 7.17. The standard InChI is InChI=1S/C15H15Cl3N4S/c16-11-8-12(17)15(20-14(11)18)21-19-9-10-4-5-13(23-10)22-6-2-1-3-7-22/h4-5,8-9H,1-3,6-7H2,(H,20,21)/b19-9-. The van der Waals surface area contributed by atoms with Crippen molar-refractivity contribution in [2.75, 3.05) is 23.4 Å². The number of hydrogen-bond acceptors (Lipinski definition) is 5. The Balaban J connectivity index is 1.64. The van der Waals surface area contributed by atoms with Crippen LogP contribution in [0.4, 0.5) is 10.8 Å². The van der Waals surface area contributed by atoms with Crippen LogP contribution in [0.3, 0.4) is 0 Å². The third-order valence-electron chi connectivity index (χ3n) is 3.53. The molecule has 0 saturated carbocycles. The number of anilines is 2. The van der Waals surface area contributed by atoms with Crippen molar-refractivity contribution >= 4 is 63.2 Å². The van der Waals surface area contributed by atoms with E-state index < -0.39 is 0 Å². The molecule has 2 aromatic heterocycles. The fourth-order valence-corrected chi connectivity index (χ4v) is 3.85. The van der Waals surface area contributed by atoms with E-state index in [2.05, 4.69) is 32.5 Å². The molecule has 3 rings (SSSR count). The van der Waals surface area contributed by atoms with Gasteiger partial charge in [0.25, 0.3) is 0 Å². The molecule has 23 heavy (non-hydrogen) atoms. The van der Waals surface area contributed by atoms with E-state index in [1.165, 1.54) is 30.3 Å². The molecule has 122 valence electrons. The van der Waals surface area contributed by atoms with Crippen LogP contribution in [0, 0.1) is 0 Å². The van der Waals surface area contributed by atoms with Crippen molar-refractivity contribution in [2.24, 2.45) is 5.10 Å². The smallest absolute Gasteiger partial charge is 0.166 e. The summed E-state index contributed by atoms with van der Waals surface area (Å²) in [5, 5.41) is 6.34. The van der Waals surface area contributed by atoms with Crippen molar-refractivity contribution in [3.63, 3.8) is 0 Å². The van der Waals surface area contributed by atoms with Crippen molar-refractivity contribution in [3.8, 4) is 0 Å². The van der Waals surface area contributed by atoms with Gasteiger partial charge < -0.3 is 4.90 Å². The molecule has 1 aliphatic heterocycles. The van der Waals surface area contributed by atoms with Gasteiger partial charge in [0.1, 0.15) is 5.15 Å². The maximum absolute atomic E-state index is 6.04. The van der Waals surface area contributed by atoms with E-state index in [0.29, 0.717) is 15.9 Å². The van der Waals surface area contributed by atoms with E-state index in [1.54, 1.807) is 17.6 Å². The third kappa shape index (κ3) is 4.29. The van der Waals surface area contributed by atoms with Gasteiger partial charge >= 0.3 is 0 Å². The molecule has 1 aliphatic rings. The number of thiophene rings is 1. The maximum atomic E-state index is 6.04. The third-order valence-corrected chi connectivity index (χ3v) is 5.57. The fourth-order valence-electron chi connectivity index (χ4n) is 2.38. The molecule has 0 atom stereocenters. The largest absolute Gasteiger partial charge is 0.363 e. The summed E-state index contributed by atoms with van der Waals surface area (Å²) in [6, 6.07) is 5.74. The second kappa shape index (κ2) is 7.71. The van der Waals surface area contributed by atoms with E-state index >= 15 is 0 Å². The van der Waals surface area contributed by atoms with Gasteiger partial charge in [-0.1, -0.05) is 34.8 Å². The number of rotatable bonds is 4. The van der Waals surface area contributed by atoms with Crippen LogP contribution in [0.15, 0.2) is 23.3 Å². The molecular formula is C15H15Cl3N4S. The SMILES string of the molecule is Clc1cc(Cl)c(N/N=C\c2ccc(N3CCCCC3)s2)nc1Cl. The van der Waals surface area contributed by atoms with Gasteiger partial charge in [-0.2, -0.15) is 5.10 Å². The molecule has 4 nitrogen and oxygen atoms in total. The van der Waals surface area contributed by atoms with Gasteiger partial charge in [-0.25, -0.2) is 4.98 Å². The quantitative estimate of drug-likeness (QED) is 0.424. The van der Waals surface area contributed by atoms with Crippen LogP contribution in [-0.2, 0) is 0 Å². The van der Waals surface area contributed by atoms with Gasteiger partial charge in [-0.15, -0.1) is 11.3 Å². The molecule has 0 aliphatic carbocycles. The van der Waals surface area contributed by atoms with Crippen LogP contribution in [-0.4, -0.2) is 24.3 Å². The van der Waals surface area contributed by atoms with Crippen LogP contribution in [0.2, 0.25) is 15.2 Å². The molecule has 0 spiro atoms. The van der Waals surface area contributed by atoms with Gasteiger partial charge in [0.15, 0.2) is 5.82 Å². The van der Waals surface area contributed by atoms with Gasteiger partial charge in [0.05, 0.1) is 21.3 Å². The Kier molecular flexibility index (Phi) is 5.64. The van der Waals surface area contributed by atoms with Gasteiger partial charge in [0, 0.05) is 18.0 Å². The van der Waals surface area contributed by atoms with Crippen LogP contribution in [0.1, 0.15) is 24.1 Å². The molecule has 0 aromatic carbocycles. The highest BCUT2D eigenvalue weighted by Gasteiger charge is 2.12. The number of pyridine rings is 1. The predicted octanol–water partition coefficient (Wildman–Crippen LogP) is 5.54.